The Morgan fingerprint density at radius 1 is 1.06 bits per heavy atom. The Labute approximate surface area is 182 Å². The van der Waals surface area contributed by atoms with E-state index in [1.807, 2.05) is 19.1 Å². The maximum absolute atomic E-state index is 13.0. The van der Waals surface area contributed by atoms with Crippen LogP contribution < -0.4 is 14.4 Å². The lowest BCUT2D eigenvalue weighted by molar-refractivity contribution is -0.132. The molecule has 1 saturated heterocycles. The fraction of sp³-hybridized carbons (Fsp3) is 0.182. The average molecular weight is 437 g/mol. The number of anilines is 1. The van der Waals surface area contributed by atoms with E-state index in [0.717, 1.165) is 16.9 Å². The number of hydrogen-bond acceptors (Lipinski definition) is 8. The van der Waals surface area contributed by atoms with Gasteiger partial charge in [0.15, 0.2) is 11.5 Å². The maximum atomic E-state index is 13.0. The molecule has 0 spiro atoms. The Bertz CT molecular complexity index is 1170. The number of methoxy groups -OCH3 is 2. The van der Waals surface area contributed by atoms with E-state index in [-0.39, 0.29) is 16.5 Å². The smallest absolute Gasteiger partial charge is 0.301 e. The number of amides is 1. The third-order valence-electron chi connectivity index (χ3n) is 5.05. The molecule has 1 fully saturated rings. The lowest BCUT2D eigenvalue weighted by Crippen LogP contribution is -2.29. The summed E-state index contributed by atoms with van der Waals surface area (Å²) in [6.07, 6.45) is 0. The van der Waals surface area contributed by atoms with Crippen molar-refractivity contribution in [2.75, 3.05) is 19.1 Å². The SMILES string of the molecule is COc1ccc([C@@H]2C(=C(O)c3ccc(C)cc3)C(=O)C(=O)N2c2nncs2)cc1OC. The van der Waals surface area contributed by atoms with Gasteiger partial charge in [-0.1, -0.05) is 47.2 Å². The highest BCUT2D eigenvalue weighted by Crippen LogP contribution is 2.44. The van der Waals surface area contributed by atoms with Gasteiger partial charge in [0.2, 0.25) is 5.13 Å². The standard InChI is InChI=1S/C22H19N3O5S/c1-12-4-6-13(7-5-12)19(26)17-18(14-8-9-15(29-2)16(10-14)30-3)25(21(28)20(17)27)22-24-23-11-31-22/h4-11,18,26H,1-3H3/t18-/m1/s1. The minimum Gasteiger partial charge on any atom is -0.507 e. The van der Waals surface area contributed by atoms with Gasteiger partial charge in [-0.15, -0.1) is 10.2 Å². The molecule has 158 valence electrons. The molecule has 0 unspecified atom stereocenters. The molecular weight excluding hydrogens is 418 g/mol. The molecular formula is C22H19N3O5S. The van der Waals surface area contributed by atoms with Crippen molar-refractivity contribution in [3.63, 3.8) is 0 Å². The molecule has 2 heterocycles. The second-order valence-corrected chi connectivity index (χ2v) is 7.68. The molecule has 8 nitrogen and oxygen atoms in total. The Kier molecular flexibility index (Phi) is 5.43. The summed E-state index contributed by atoms with van der Waals surface area (Å²) in [5, 5.41) is 19.1. The van der Waals surface area contributed by atoms with Crippen LogP contribution in [0, 0.1) is 6.92 Å². The molecule has 1 aliphatic rings. The Balaban J connectivity index is 1.94. The number of nitrogens with zero attached hydrogens (tertiary/aromatic N) is 3. The lowest BCUT2D eigenvalue weighted by Gasteiger charge is -2.23. The number of ether oxygens (including phenoxy) is 2. The van der Waals surface area contributed by atoms with E-state index in [4.69, 9.17) is 9.47 Å². The largest absolute Gasteiger partial charge is 0.507 e. The Hall–Kier alpha value is -3.72. The number of aryl methyl sites for hydroxylation is 1. The molecule has 4 rings (SSSR count). The first-order chi connectivity index (χ1) is 15.0. The summed E-state index contributed by atoms with van der Waals surface area (Å²) in [5.74, 6) is -0.917. The highest BCUT2D eigenvalue weighted by atomic mass is 32.1. The molecule has 0 aliphatic carbocycles. The zero-order valence-electron chi connectivity index (χ0n) is 17.0. The van der Waals surface area contributed by atoms with Crippen LogP contribution in [-0.2, 0) is 9.59 Å². The average Bonchev–Trinajstić information content (AvgIpc) is 3.40. The first-order valence-corrected chi connectivity index (χ1v) is 10.2. The van der Waals surface area contributed by atoms with Crippen LogP contribution >= 0.6 is 11.3 Å². The molecule has 1 amide bonds. The van der Waals surface area contributed by atoms with Gasteiger partial charge in [0.25, 0.3) is 5.78 Å². The number of rotatable bonds is 5. The summed E-state index contributed by atoms with van der Waals surface area (Å²) in [6.45, 7) is 1.92. The lowest BCUT2D eigenvalue weighted by atomic mass is 9.95. The van der Waals surface area contributed by atoms with E-state index in [2.05, 4.69) is 10.2 Å². The molecule has 2 aromatic carbocycles. The van der Waals surface area contributed by atoms with Crippen molar-refractivity contribution in [2.45, 2.75) is 13.0 Å². The number of benzene rings is 2. The molecule has 9 heteroatoms. The van der Waals surface area contributed by atoms with Crippen LogP contribution in [0.3, 0.4) is 0 Å². The first-order valence-electron chi connectivity index (χ1n) is 9.32. The molecule has 1 atom stereocenters. The summed E-state index contributed by atoms with van der Waals surface area (Å²) in [4.78, 5) is 27.3. The van der Waals surface area contributed by atoms with Gasteiger partial charge in [-0.05, 0) is 24.6 Å². The van der Waals surface area contributed by atoms with Gasteiger partial charge in [-0.2, -0.15) is 0 Å². The number of hydrogen-bond donors (Lipinski definition) is 1. The minimum atomic E-state index is -0.908. The Morgan fingerprint density at radius 2 is 1.77 bits per heavy atom. The third-order valence-corrected chi connectivity index (χ3v) is 5.74. The zero-order chi connectivity index (χ0) is 22.1. The highest BCUT2D eigenvalue weighted by Gasteiger charge is 2.48. The van der Waals surface area contributed by atoms with E-state index in [0.29, 0.717) is 22.6 Å². The normalized spacial score (nSPS) is 17.8. The maximum Gasteiger partial charge on any atom is 0.301 e. The van der Waals surface area contributed by atoms with Crippen molar-refractivity contribution >= 4 is 33.9 Å². The van der Waals surface area contributed by atoms with E-state index in [1.54, 1.807) is 30.3 Å². The van der Waals surface area contributed by atoms with Crippen LogP contribution in [-0.4, -0.2) is 41.2 Å². The van der Waals surface area contributed by atoms with Crippen molar-refractivity contribution in [1.29, 1.82) is 0 Å². The summed E-state index contributed by atoms with van der Waals surface area (Å²) < 4.78 is 10.7. The van der Waals surface area contributed by atoms with Gasteiger partial charge in [0.1, 0.15) is 11.3 Å². The number of Topliss-reactive ketones (excluding diaryl/α,β-unsaturated/α-hetero) is 1. The van der Waals surface area contributed by atoms with Crippen molar-refractivity contribution in [3.05, 3.63) is 70.2 Å². The molecule has 0 bridgehead atoms. The Morgan fingerprint density at radius 3 is 2.39 bits per heavy atom. The number of aliphatic hydroxyl groups is 1. The molecule has 1 N–H and O–H groups in total. The van der Waals surface area contributed by atoms with E-state index in [1.165, 1.54) is 24.6 Å². The van der Waals surface area contributed by atoms with E-state index in [9.17, 15) is 14.7 Å². The second kappa shape index (κ2) is 8.19. The number of carbonyl (C=O) groups is 2. The van der Waals surface area contributed by atoms with Crippen molar-refractivity contribution in [3.8, 4) is 11.5 Å². The molecule has 31 heavy (non-hydrogen) atoms. The molecule has 0 radical (unpaired) electrons. The van der Waals surface area contributed by atoms with Gasteiger partial charge in [-0.3, -0.25) is 14.5 Å². The quantitative estimate of drug-likeness (QED) is 0.370. The second-order valence-electron chi connectivity index (χ2n) is 6.87. The highest BCUT2D eigenvalue weighted by molar-refractivity contribution is 7.13. The summed E-state index contributed by atoms with van der Waals surface area (Å²) >= 11 is 1.12. The predicted octanol–water partition coefficient (Wildman–Crippen LogP) is 3.49. The van der Waals surface area contributed by atoms with Crippen LogP contribution in [0.15, 0.2) is 53.5 Å². The van der Waals surface area contributed by atoms with Crippen LogP contribution in [0.4, 0.5) is 5.13 Å². The number of aliphatic hydroxyl groups excluding tert-OH is 1. The van der Waals surface area contributed by atoms with Crippen LogP contribution in [0.2, 0.25) is 0 Å². The summed E-state index contributed by atoms with van der Waals surface area (Å²) in [5.41, 5.74) is 3.44. The van der Waals surface area contributed by atoms with Crippen molar-refractivity contribution < 1.29 is 24.2 Å². The first kappa shape index (κ1) is 20.5. The van der Waals surface area contributed by atoms with Crippen LogP contribution in [0.1, 0.15) is 22.7 Å². The van der Waals surface area contributed by atoms with Gasteiger partial charge in [-0.25, -0.2) is 0 Å². The van der Waals surface area contributed by atoms with Gasteiger partial charge >= 0.3 is 5.91 Å². The topological polar surface area (TPSA) is 102 Å². The van der Waals surface area contributed by atoms with Gasteiger partial charge in [0.05, 0.1) is 25.8 Å². The van der Waals surface area contributed by atoms with Gasteiger partial charge in [0, 0.05) is 5.56 Å². The fourth-order valence-electron chi connectivity index (χ4n) is 3.51. The van der Waals surface area contributed by atoms with Gasteiger partial charge < -0.3 is 14.6 Å². The fourth-order valence-corrected chi connectivity index (χ4v) is 4.09. The van der Waals surface area contributed by atoms with E-state index < -0.39 is 17.7 Å². The van der Waals surface area contributed by atoms with Crippen molar-refractivity contribution in [2.24, 2.45) is 0 Å². The molecule has 1 aliphatic heterocycles. The number of carbonyl (C=O) groups excluding carboxylic acids is 2. The summed E-state index contributed by atoms with van der Waals surface area (Å²) in [6, 6.07) is 11.2. The predicted molar refractivity (Wildman–Crippen MR) is 115 cm³/mol. The number of aromatic nitrogens is 2. The molecule has 3 aromatic rings. The third kappa shape index (κ3) is 3.53. The molecule has 1 aromatic heterocycles. The summed E-state index contributed by atoms with van der Waals surface area (Å²) in [7, 11) is 3.01. The monoisotopic (exact) mass is 437 g/mol. The van der Waals surface area contributed by atoms with Crippen LogP contribution in [0.5, 0.6) is 11.5 Å². The van der Waals surface area contributed by atoms with Crippen molar-refractivity contribution in [1.82, 2.24) is 10.2 Å². The van der Waals surface area contributed by atoms with E-state index >= 15 is 0 Å². The number of ketones is 1. The molecule has 0 saturated carbocycles. The zero-order valence-corrected chi connectivity index (χ0v) is 17.8. The van der Waals surface area contributed by atoms with Crippen LogP contribution in [0.25, 0.3) is 5.76 Å². The minimum absolute atomic E-state index is 0.0312.